The first-order chi connectivity index (χ1) is 13.7. The van der Waals surface area contributed by atoms with Crippen LogP contribution in [0.25, 0.3) is 0 Å². The van der Waals surface area contributed by atoms with Crippen molar-refractivity contribution >= 4 is 34.9 Å². The average Bonchev–Trinajstić information content (AvgIpc) is 2.69. The van der Waals surface area contributed by atoms with Crippen LogP contribution in [0.1, 0.15) is 41.7 Å². The molecule has 1 aromatic heterocycles. The summed E-state index contributed by atoms with van der Waals surface area (Å²) >= 11 is 12.0. The number of hydrogen-bond donors (Lipinski definition) is 2. The fourth-order valence-corrected chi connectivity index (χ4v) is 3.76. The van der Waals surface area contributed by atoms with Gasteiger partial charge in [0.1, 0.15) is 11.5 Å². The van der Waals surface area contributed by atoms with Gasteiger partial charge in [-0.15, -0.1) is 0 Å². The summed E-state index contributed by atoms with van der Waals surface area (Å²) in [5, 5.41) is 6.76. The molecule has 1 aliphatic carbocycles. The van der Waals surface area contributed by atoms with Gasteiger partial charge in [0.05, 0.1) is 10.6 Å². The molecule has 1 aliphatic rings. The van der Waals surface area contributed by atoms with Crippen LogP contribution in [0.5, 0.6) is 0 Å². The molecule has 1 amide bonds. The van der Waals surface area contributed by atoms with Crippen LogP contribution in [0.4, 0.5) is 19.0 Å². The molecule has 4 nitrogen and oxygen atoms in total. The highest BCUT2D eigenvalue weighted by molar-refractivity contribution is 6.35. The van der Waals surface area contributed by atoms with Crippen LogP contribution >= 0.6 is 23.2 Å². The number of carbonyl (C=O) groups is 1. The second-order valence-corrected chi connectivity index (χ2v) is 7.95. The molecule has 1 fully saturated rings. The highest BCUT2D eigenvalue weighted by Crippen LogP contribution is 2.29. The Labute approximate surface area is 176 Å². The van der Waals surface area contributed by atoms with Gasteiger partial charge in [0, 0.05) is 17.6 Å². The lowest BCUT2D eigenvalue weighted by atomic mass is 9.86. The largest absolute Gasteiger partial charge is 0.433 e. The van der Waals surface area contributed by atoms with Crippen molar-refractivity contribution in [2.45, 2.75) is 37.9 Å². The molecule has 2 N–H and O–H groups in total. The Morgan fingerprint density at radius 2 is 1.83 bits per heavy atom. The molecule has 156 valence electrons. The van der Waals surface area contributed by atoms with E-state index in [1.165, 1.54) is 18.2 Å². The van der Waals surface area contributed by atoms with E-state index in [-0.39, 0.29) is 17.8 Å². The van der Waals surface area contributed by atoms with E-state index in [1.807, 2.05) is 0 Å². The molecule has 1 aromatic carbocycles. The van der Waals surface area contributed by atoms with Crippen LogP contribution in [0.15, 0.2) is 36.4 Å². The molecule has 0 radical (unpaired) electrons. The number of pyridine rings is 1. The van der Waals surface area contributed by atoms with Crippen molar-refractivity contribution < 1.29 is 18.0 Å². The van der Waals surface area contributed by atoms with Crippen LogP contribution in [0.2, 0.25) is 10.0 Å². The Morgan fingerprint density at radius 3 is 2.52 bits per heavy atom. The van der Waals surface area contributed by atoms with E-state index in [0.717, 1.165) is 31.7 Å². The molecule has 0 atom stereocenters. The van der Waals surface area contributed by atoms with Gasteiger partial charge in [0.2, 0.25) is 0 Å². The molecule has 9 heteroatoms. The minimum Gasteiger partial charge on any atom is -0.370 e. The maximum Gasteiger partial charge on any atom is 0.433 e. The third-order valence-corrected chi connectivity index (χ3v) is 5.53. The molecule has 0 bridgehead atoms. The Bertz CT molecular complexity index is 868. The number of nitrogens with one attached hydrogen (secondary N) is 2. The monoisotopic (exact) mass is 445 g/mol. The van der Waals surface area contributed by atoms with Gasteiger partial charge in [0.25, 0.3) is 5.91 Å². The van der Waals surface area contributed by atoms with Gasteiger partial charge < -0.3 is 10.6 Å². The minimum atomic E-state index is -4.46. The topological polar surface area (TPSA) is 54.0 Å². The van der Waals surface area contributed by atoms with Crippen LogP contribution in [-0.2, 0) is 6.18 Å². The Hall–Kier alpha value is -1.99. The summed E-state index contributed by atoms with van der Waals surface area (Å²) in [6.45, 7) is 0.537. The van der Waals surface area contributed by atoms with Crippen LogP contribution in [0.3, 0.4) is 0 Å². The molecule has 0 spiro atoms. The zero-order valence-corrected chi connectivity index (χ0v) is 16.9. The number of aromatic nitrogens is 1. The van der Waals surface area contributed by atoms with Gasteiger partial charge in [-0.1, -0.05) is 29.3 Å². The summed E-state index contributed by atoms with van der Waals surface area (Å²) in [7, 11) is 0. The zero-order valence-electron chi connectivity index (χ0n) is 15.4. The first-order valence-electron chi connectivity index (χ1n) is 9.26. The van der Waals surface area contributed by atoms with E-state index in [9.17, 15) is 18.0 Å². The fourth-order valence-electron chi connectivity index (χ4n) is 3.39. The highest BCUT2D eigenvalue weighted by atomic mass is 35.5. The van der Waals surface area contributed by atoms with E-state index in [0.29, 0.717) is 28.1 Å². The van der Waals surface area contributed by atoms with Gasteiger partial charge in [-0.25, -0.2) is 4.98 Å². The number of rotatable bonds is 5. The van der Waals surface area contributed by atoms with Crippen molar-refractivity contribution in [3.8, 4) is 0 Å². The lowest BCUT2D eigenvalue weighted by Crippen LogP contribution is -2.38. The number of amides is 1. The second kappa shape index (κ2) is 9.22. The summed E-state index contributed by atoms with van der Waals surface area (Å²) in [4.78, 5) is 16.0. The van der Waals surface area contributed by atoms with Crippen molar-refractivity contribution in [1.82, 2.24) is 10.3 Å². The van der Waals surface area contributed by atoms with Crippen molar-refractivity contribution in [2.24, 2.45) is 5.92 Å². The minimum absolute atomic E-state index is 0.0282. The number of halogens is 5. The van der Waals surface area contributed by atoms with Crippen molar-refractivity contribution in [3.63, 3.8) is 0 Å². The van der Waals surface area contributed by atoms with E-state index >= 15 is 0 Å². The SMILES string of the molecule is O=C(NC1CCC(CNc2cccc(C(F)(F)F)n2)CC1)c1cc(Cl)ccc1Cl. The average molecular weight is 446 g/mol. The molecule has 2 aromatic rings. The van der Waals surface area contributed by atoms with Crippen LogP contribution in [0, 0.1) is 5.92 Å². The molecule has 0 aliphatic heterocycles. The van der Waals surface area contributed by atoms with E-state index in [2.05, 4.69) is 15.6 Å². The van der Waals surface area contributed by atoms with E-state index in [1.54, 1.807) is 12.1 Å². The van der Waals surface area contributed by atoms with E-state index < -0.39 is 11.9 Å². The van der Waals surface area contributed by atoms with Gasteiger partial charge in [-0.05, 0) is 61.9 Å². The Morgan fingerprint density at radius 1 is 1.10 bits per heavy atom. The lowest BCUT2D eigenvalue weighted by Gasteiger charge is -2.29. The number of nitrogens with zero attached hydrogens (tertiary/aromatic N) is 1. The summed E-state index contributed by atoms with van der Waals surface area (Å²) in [5.41, 5.74) is -0.563. The molecule has 3 rings (SSSR count). The van der Waals surface area contributed by atoms with Crippen molar-refractivity contribution in [2.75, 3.05) is 11.9 Å². The van der Waals surface area contributed by atoms with Gasteiger partial charge in [-0.3, -0.25) is 4.79 Å². The lowest BCUT2D eigenvalue weighted by molar-refractivity contribution is -0.141. The quantitative estimate of drug-likeness (QED) is 0.610. The van der Waals surface area contributed by atoms with Gasteiger partial charge in [0.15, 0.2) is 0 Å². The summed E-state index contributed by atoms with van der Waals surface area (Å²) in [6, 6.07) is 8.59. The maximum absolute atomic E-state index is 12.7. The van der Waals surface area contributed by atoms with Gasteiger partial charge >= 0.3 is 6.18 Å². The first-order valence-corrected chi connectivity index (χ1v) is 10.0. The maximum atomic E-state index is 12.7. The molecular weight excluding hydrogens is 426 g/mol. The third kappa shape index (κ3) is 6.00. The zero-order chi connectivity index (χ0) is 21.0. The highest BCUT2D eigenvalue weighted by Gasteiger charge is 2.32. The summed E-state index contributed by atoms with van der Waals surface area (Å²) in [6.07, 6.45) is -1.20. The summed E-state index contributed by atoms with van der Waals surface area (Å²) < 4.78 is 38.2. The predicted octanol–water partition coefficient (Wildman–Crippen LogP) is 5.81. The summed E-state index contributed by atoms with van der Waals surface area (Å²) in [5.74, 6) is 0.257. The van der Waals surface area contributed by atoms with Crippen molar-refractivity contribution in [3.05, 3.63) is 57.7 Å². The standard InChI is InChI=1S/C20H20Cl2F3N3O/c21-13-6-9-16(22)15(10-13)19(29)27-14-7-4-12(5-8-14)11-26-18-3-1-2-17(28-18)20(23,24)25/h1-3,6,9-10,12,14H,4-5,7-8,11H2,(H,26,28)(H,27,29). The molecule has 29 heavy (non-hydrogen) atoms. The van der Waals surface area contributed by atoms with Crippen molar-refractivity contribution in [1.29, 1.82) is 0 Å². The number of hydrogen-bond acceptors (Lipinski definition) is 3. The number of alkyl halides is 3. The number of anilines is 1. The number of benzene rings is 1. The molecule has 1 saturated carbocycles. The predicted molar refractivity (Wildman–Crippen MR) is 107 cm³/mol. The normalized spacial score (nSPS) is 19.6. The fraction of sp³-hybridized carbons (Fsp3) is 0.400. The van der Waals surface area contributed by atoms with E-state index in [4.69, 9.17) is 23.2 Å². The molecule has 0 unspecified atom stereocenters. The third-order valence-electron chi connectivity index (χ3n) is 4.97. The second-order valence-electron chi connectivity index (χ2n) is 7.10. The Kier molecular flexibility index (Phi) is 6.90. The molecular formula is C20H20Cl2F3N3O. The Balaban J connectivity index is 1.47. The smallest absolute Gasteiger partial charge is 0.370 e. The first kappa shape index (κ1) is 21.7. The number of carbonyl (C=O) groups excluding carboxylic acids is 1. The van der Waals surface area contributed by atoms with Gasteiger partial charge in [-0.2, -0.15) is 13.2 Å². The molecule has 1 heterocycles. The van der Waals surface area contributed by atoms with Crippen LogP contribution < -0.4 is 10.6 Å². The van der Waals surface area contributed by atoms with Crippen LogP contribution in [-0.4, -0.2) is 23.5 Å². The molecule has 0 saturated heterocycles.